The van der Waals surface area contributed by atoms with Crippen molar-refractivity contribution >= 4 is 0 Å². The van der Waals surface area contributed by atoms with Crippen molar-refractivity contribution in [2.75, 3.05) is 6.54 Å². The molecule has 2 nitrogen and oxygen atoms in total. The molecule has 0 fully saturated rings. The Kier molecular flexibility index (Phi) is 6.98. The van der Waals surface area contributed by atoms with Gasteiger partial charge in [-0.2, -0.15) is 0 Å². The van der Waals surface area contributed by atoms with Gasteiger partial charge in [-0.05, 0) is 26.3 Å². The summed E-state index contributed by atoms with van der Waals surface area (Å²) in [5, 5.41) is 8.88. The molecule has 0 aromatic rings. The van der Waals surface area contributed by atoms with Gasteiger partial charge in [-0.1, -0.05) is 19.3 Å². The van der Waals surface area contributed by atoms with E-state index in [2.05, 4.69) is 0 Å². The Bertz CT molecular complexity index is 64.3. The molecular formula is C8H19NO. The maximum absolute atomic E-state index is 8.88. The smallest absolute Gasteiger partial charge is 0.0512 e. The van der Waals surface area contributed by atoms with Gasteiger partial charge in [0, 0.05) is 0 Å². The van der Waals surface area contributed by atoms with Gasteiger partial charge in [0.1, 0.15) is 0 Å². The van der Waals surface area contributed by atoms with E-state index in [0.29, 0.717) is 0 Å². The van der Waals surface area contributed by atoms with Crippen molar-refractivity contribution in [3.8, 4) is 0 Å². The average molecular weight is 145 g/mol. The summed E-state index contributed by atoms with van der Waals surface area (Å²) < 4.78 is 0. The lowest BCUT2D eigenvalue weighted by Crippen LogP contribution is -2.00. The largest absolute Gasteiger partial charge is 0.393 e. The first-order valence-electron chi connectivity index (χ1n) is 4.15. The van der Waals surface area contributed by atoms with Crippen molar-refractivity contribution in [2.45, 2.75) is 45.1 Å². The standard InChI is InChI=1S/C8H19NO/c1-8(10)6-4-2-3-5-7-9/h8,10H,2-7,9H2,1H3. The van der Waals surface area contributed by atoms with Gasteiger partial charge in [0.15, 0.2) is 0 Å². The minimum atomic E-state index is -0.127. The van der Waals surface area contributed by atoms with Crippen molar-refractivity contribution in [2.24, 2.45) is 5.73 Å². The van der Waals surface area contributed by atoms with Crippen LogP contribution < -0.4 is 5.73 Å². The third-order valence-corrected chi connectivity index (χ3v) is 1.58. The van der Waals surface area contributed by atoms with Gasteiger partial charge in [-0.15, -0.1) is 0 Å². The average Bonchev–Trinajstić information content (AvgIpc) is 1.87. The molecule has 10 heavy (non-hydrogen) atoms. The summed E-state index contributed by atoms with van der Waals surface area (Å²) in [5.41, 5.74) is 5.32. The van der Waals surface area contributed by atoms with E-state index in [-0.39, 0.29) is 6.10 Å². The number of rotatable bonds is 6. The SMILES string of the molecule is CC(O)CCCCCCN. The summed E-state index contributed by atoms with van der Waals surface area (Å²) in [6, 6.07) is 0. The number of aliphatic hydroxyl groups is 1. The molecule has 0 spiro atoms. The van der Waals surface area contributed by atoms with E-state index in [1.54, 1.807) is 0 Å². The molecular weight excluding hydrogens is 126 g/mol. The molecule has 0 saturated carbocycles. The van der Waals surface area contributed by atoms with E-state index in [4.69, 9.17) is 10.8 Å². The molecule has 0 aliphatic rings. The first-order chi connectivity index (χ1) is 4.77. The summed E-state index contributed by atoms with van der Waals surface area (Å²) in [6.07, 6.45) is 5.49. The molecule has 62 valence electrons. The quantitative estimate of drug-likeness (QED) is 0.553. The number of hydrogen-bond acceptors (Lipinski definition) is 2. The molecule has 1 unspecified atom stereocenters. The van der Waals surface area contributed by atoms with Crippen molar-refractivity contribution < 1.29 is 5.11 Å². The Morgan fingerprint density at radius 3 is 2.30 bits per heavy atom. The summed E-state index contributed by atoms with van der Waals surface area (Å²) >= 11 is 0. The lowest BCUT2D eigenvalue weighted by molar-refractivity contribution is 0.180. The highest BCUT2D eigenvalue weighted by Crippen LogP contribution is 2.04. The van der Waals surface area contributed by atoms with Gasteiger partial charge in [0.25, 0.3) is 0 Å². The molecule has 2 heteroatoms. The van der Waals surface area contributed by atoms with Gasteiger partial charge >= 0.3 is 0 Å². The van der Waals surface area contributed by atoms with Gasteiger partial charge in [-0.25, -0.2) is 0 Å². The summed E-state index contributed by atoms with van der Waals surface area (Å²) in [5.74, 6) is 0. The molecule has 0 bridgehead atoms. The van der Waals surface area contributed by atoms with E-state index in [9.17, 15) is 0 Å². The van der Waals surface area contributed by atoms with E-state index in [0.717, 1.165) is 25.8 Å². The van der Waals surface area contributed by atoms with Gasteiger partial charge < -0.3 is 10.8 Å². The fourth-order valence-electron chi connectivity index (χ4n) is 0.938. The molecule has 0 aliphatic carbocycles. The van der Waals surface area contributed by atoms with Crippen molar-refractivity contribution in [3.05, 3.63) is 0 Å². The minimum Gasteiger partial charge on any atom is -0.393 e. The molecule has 0 aromatic carbocycles. The molecule has 0 amide bonds. The normalized spacial score (nSPS) is 13.5. The first kappa shape index (κ1) is 9.92. The minimum absolute atomic E-state index is 0.127. The molecule has 0 heterocycles. The predicted octanol–water partition coefficient (Wildman–Crippen LogP) is 1.28. The Hall–Kier alpha value is -0.0800. The van der Waals surface area contributed by atoms with Crippen molar-refractivity contribution in [1.29, 1.82) is 0 Å². The van der Waals surface area contributed by atoms with Crippen molar-refractivity contribution in [1.82, 2.24) is 0 Å². The third kappa shape index (κ3) is 7.92. The summed E-state index contributed by atoms with van der Waals surface area (Å²) in [7, 11) is 0. The monoisotopic (exact) mass is 145 g/mol. The number of hydrogen-bond donors (Lipinski definition) is 2. The maximum atomic E-state index is 8.88. The Labute approximate surface area is 63.4 Å². The van der Waals surface area contributed by atoms with Crippen LogP contribution in [0.1, 0.15) is 39.0 Å². The van der Waals surface area contributed by atoms with E-state index in [1.165, 1.54) is 12.8 Å². The van der Waals surface area contributed by atoms with Gasteiger partial charge in [0.2, 0.25) is 0 Å². The lowest BCUT2D eigenvalue weighted by Gasteiger charge is -2.02. The molecule has 0 rings (SSSR count). The van der Waals surface area contributed by atoms with Gasteiger partial charge in [-0.3, -0.25) is 0 Å². The molecule has 0 aliphatic heterocycles. The van der Waals surface area contributed by atoms with Crippen LogP contribution >= 0.6 is 0 Å². The highest BCUT2D eigenvalue weighted by atomic mass is 16.3. The van der Waals surface area contributed by atoms with E-state index in [1.807, 2.05) is 6.92 Å². The zero-order chi connectivity index (χ0) is 7.82. The zero-order valence-corrected chi connectivity index (χ0v) is 6.84. The van der Waals surface area contributed by atoms with Crippen LogP contribution in [-0.4, -0.2) is 17.8 Å². The second-order valence-electron chi connectivity index (χ2n) is 2.84. The Morgan fingerprint density at radius 1 is 1.20 bits per heavy atom. The highest BCUT2D eigenvalue weighted by Gasteiger charge is 1.94. The van der Waals surface area contributed by atoms with Crippen LogP contribution in [0.2, 0.25) is 0 Å². The van der Waals surface area contributed by atoms with Gasteiger partial charge in [0.05, 0.1) is 6.10 Å². The van der Waals surface area contributed by atoms with Crippen molar-refractivity contribution in [3.63, 3.8) is 0 Å². The summed E-state index contributed by atoms with van der Waals surface area (Å²) in [4.78, 5) is 0. The van der Waals surface area contributed by atoms with Crippen LogP contribution in [-0.2, 0) is 0 Å². The van der Waals surface area contributed by atoms with Crippen LogP contribution in [0.15, 0.2) is 0 Å². The number of nitrogens with two attached hydrogens (primary N) is 1. The topological polar surface area (TPSA) is 46.2 Å². The second-order valence-corrected chi connectivity index (χ2v) is 2.84. The summed E-state index contributed by atoms with van der Waals surface area (Å²) in [6.45, 7) is 2.64. The van der Waals surface area contributed by atoms with E-state index >= 15 is 0 Å². The Balaban J connectivity index is 2.77. The van der Waals surface area contributed by atoms with Crippen LogP contribution in [0.3, 0.4) is 0 Å². The molecule has 0 saturated heterocycles. The number of unbranched alkanes of at least 4 members (excludes halogenated alkanes) is 3. The molecule has 0 radical (unpaired) electrons. The molecule has 3 N–H and O–H groups in total. The molecule has 1 atom stereocenters. The lowest BCUT2D eigenvalue weighted by atomic mass is 10.1. The fraction of sp³-hybridized carbons (Fsp3) is 1.00. The predicted molar refractivity (Wildman–Crippen MR) is 43.8 cm³/mol. The van der Waals surface area contributed by atoms with E-state index < -0.39 is 0 Å². The van der Waals surface area contributed by atoms with Crippen LogP contribution in [0.5, 0.6) is 0 Å². The third-order valence-electron chi connectivity index (χ3n) is 1.58. The van der Waals surface area contributed by atoms with Crippen LogP contribution in [0, 0.1) is 0 Å². The van der Waals surface area contributed by atoms with Crippen LogP contribution in [0.25, 0.3) is 0 Å². The fourth-order valence-corrected chi connectivity index (χ4v) is 0.938. The highest BCUT2D eigenvalue weighted by molar-refractivity contribution is 4.48. The maximum Gasteiger partial charge on any atom is 0.0512 e. The number of aliphatic hydroxyl groups excluding tert-OH is 1. The first-order valence-corrected chi connectivity index (χ1v) is 4.15. The van der Waals surface area contributed by atoms with Crippen LogP contribution in [0.4, 0.5) is 0 Å². The zero-order valence-electron chi connectivity index (χ0n) is 6.84. The Morgan fingerprint density at radius 2 is 1.80 bits per heavy atom. The second kappa shape index (κ2) is 7.03. The molecule has 0 aromatic heterocycles.